The fourth-order valence-corrected chi connectivity index (χ4v) is 4.96. The van der Waals surface area contributed by atoms with Crippen molar-refractivity contribution in [3.63, 3.8) is 0 Å². The fourth-order valence-electron chi connectivity index (χ4n) is 3.46. The minimum atomic E-state index is -4.29. The first kappa shape index (κ1) is 27.8. The van der Waals surface area contributed by atoms with Crippen molar-refractivity contribution in [2.75, 3.05) is 12.3 Å². The highest BCUT2D eigenvalue weighted by atomic mass is 31.2. The van der Waals surface area contributed by atoms with Gasteiger partial charge in [0, 0.05) is 6.20 Å². The molecule has 0 spiro atoms. The summed E-state index contributed by atoms with van der Waals surface area (Å²) >= 11 is 0. The van der Waals surface area contributed by atoms with Crippen molar-refractivity contribution in [1.29, 1.82) is 0 Å². The van der Waals surface area contributed by atoms with E-state index in [1.165, 1.54) is 31.3 Å². The van der Waals surface area contributed by atoms with Crippen LogP contribution in [0.15, 0.2) is 47.4 Å². The lowest BCUT2D eigenvalue weighted by molar-refractivity contribution is -0.149. The molecule has 1 aliphatic rings. The summed E-state index contributed by atoms with van der Waals surface area (Å²) in [7, 11) is -4.29. The number of aromatic nitrogens is 2. The molecule has 4 N–H and O–H groups in total. The first-order valence-electron chi connectivity index (χ1n) is 11.2. The maximum absolute atomic E-state index is 15.5. The molecule has 1 saturated heterocycles. The van der Waals surface area contributed by atoms with Crippen LogP contribution >= 0.6 is 7.75 Å². The second kappa shape index (κ2) is 11.1. The summed E-state index contributed by atoms with van der Waals surface area (Å²) in [6.07, 6.45) is -3.92. The van der Waals surface area contributed by atoms with Crippen LogP contribution in [-0.4, -0.2) is 57.3 Å². The van der Waals surface area contributed by atoms with E-state index in [2.05, 4.69) is 10.1 Å². The molecule has 0 radical (unpaired) electrons. The van der Waals surface area contributed by atoms with Gasteiger partial charge in [0.05, 0.1) is 12.7 Å². The van der Waals surface area contributed by atoms with Crippen LogP contribution in [0.25, 0.3) is 0 Å². The normalized spacial score (nSPS) is 26.4. The lowest BCUT2D eigenvalue weighted by Gasteiger charge is -2.25. The van der Waals surface area contributed by atoms with Crippen LogP contribution in [-0.2, 0) is 23.4 Å². The molecule has 1 fully saturated rings. The molecule has 1 aliphatic heterocycles. The smallest absolute Gasteiger partial charge is 0.459 e. The number of nitrogens with two attached hydrogens (primary N) is 1. The molecule has 0 saturated carbocycles. The first-order valence-corrected chi connectivity index (χ1v) is 12.7. The van der Waals surface area contributed by atoms with Crippen LogP contribution in [0, 0.1) is 0 Å². The number of nitrogens with one attached hydrogen (secondary N) is 1. The number of hydrogen-bond donors (Lipinski definition) is 3. The number of esters is 1. The molecular weight excluding hydrogens is 498 g/mol. The summed E-state index contributed by atoms with van der Waals surface area (Å²) < 4.78 is 51.6. The number of rotatable bonds is 10. The van der Waals surface area contributed by atoms with E-state index in [1.54, 1.807) is 32.0 Å². The molecule has 0 amide bonds. The number of carbonyl (C=O) groups is 1. The standard InChI is InChI=1S/C22H30FN4O8P/c1-13(2)33-19(29)14(3)26-36(31,35-15-8-6-5-7-9-15)32-12-16-18(28)22(4,23)20(34-16)27-11-10-17(24)25-21(27)30/h5-11,13-14,16,18,20,28H,12H2,1-4H3,(H,26,31)(H2,24,25,30)/t14?,16?,18?,20?,22-,36?/m1/s1. The van der Waals surface area contributed by atoms with E-state index in [-0.39, 0.29) is 11.6 Å². The number of carbonyl (C=O) groups excluding carboxylic acids is 1. The topological polar surface area (TPSA) is 164 Å². The number of halogens is 1. The summed E-state index contributed by atoms with van der Waals surface area (Å²) in [6, 6.07) is 8.20. The van der Waals surface area contributed by atoms with Gasteiger partial charge in [-0.05, 0) is 45.9 Å². The van der Waals surface area contributed by atoms with Gasteiger partial charge < -0.3 is 24.8 Å². The summed E-state index contributed by atoms with van der Waals surface area (Å²) in [4.78, 5) is 28.0. The second-order valence-corrected chi connectivity index (χ2v) is 10.4. The molecular formula is C22H30FN4O8P. The molecule has 36 heavy (non-hydrogen) atoms. The summed E-state index contributed by atoms with van der Waals surface area (Å²) in [6.45, 7) is 5.16. The van der Waals surface area contributed by atoms with Gasteiger partial charge in [0.2, 0.25) is 0 Å². The number of aliphatic hydroxyl groups excluding tert-OH is 1. The third kappa shape index (κ3) is 6.48. The third-order valence-electron chi connectivity index (χ3n) is 5.26. The SMILES string of the molecule is CC(C)OC(=O)C(C)NP(=O)(OCC1OC(n2ccc(N)nc2=O)[C@](C)(F)C1O)Oc1ccccc1. The van der Waals surface area contributed by atoms with E-state index < -0.39 is 62.3 Å². The van der Waals surface area contributed by atoms with Crippen LogP contribution in [0.5, 0.6) is 5.75 Å². The van der Waals surface area contributed by atoms with Crippen LogP contribution in [0.4, 0.5) is 10.2 Å². The predicted octanol–water partition coefficient (Wildman–Crippen LogP) is 1.95. The molecule has 2 heterocycles. The molecule has 12 nitrogen and oxygen atoms in total. The minimum absolute atomic E-state index is 0.0644. The highest BCUT2D eigenvalue weighted by Crippen LogP contribution is 2.47. The van der Waals surface area contributed by atoms with E-state index in [4.69, 9.17) is 24.3 Å². The van der Waals surface area contributed by atoms with Crippen molar-refractivity contribution >= 4 is 19.5 Å². The van der Waals surface area contributed by atoms with Gasteiger partial charge in [-0.2, -0.15) is 10.1 Å². The van der Waals surface area contributed by atoms with Crippen molar-refractivity contribution in [3.8, 4) is 5.75 Å². The summed E-state index contributed by atoms with van der Waals surface area (Å²) in [5.74, 6) is -0.599. The lowest BCUT2D eigenvalue weighted by atomic mass is 9.98. The van der Waals surface area contributed by atoms with E-state index in [0.717, 1.165) is 11.5 Å². The van der Waals surface area contributed by atoms with Gasteiger partial charge in [0.25, 0.3) is 0 Å². The average Bonchev–Trinajstić information content (AvgIpc) is 3.01. The van der Waals surface area contributed by atoms with E-state index in [9.17, 15) is 19.3 Å². The van der Waals surface area contributed by atoms with Crippen molar-refractivity contribution < 1.29 is 37.4 Å². The zero-order chi connectivity index (χ0) is 26.7. The Balaban J connectivity index is 1.79. The Morgan fingerprint density at radius 1 is 1.33 bits per heavy atom. The molecule has 198 valence electrons. The number of nitrogens with zero attached hydrogens (tertiary/aromatic N) is 2. The van der Waals surface area contributed by atoms with Gasteiger partial charge in [0.1, 0.15) is 29.8 Å². The molecule has 14 heteroatoms. The van der Waals surface area contributed by atoms with Crippen molar-refractivity contribution in [2.45, 2.75) is 63.9 Å². The summed E-state index contributed by atoms with van der Waals surface area (Å²) in [5, 5.41) is 13.1. The third-order valence-corrected chi connectivity index (χ3v) is 6.90. The second-order valence-electron chi connectivity index (χ2n) is 8.70. The Kier molecular flexibility index (Phi) is 8.52. The lowest BCUT2D eigenvalue weighted by Crippen LogP contribution is -2.43. The van der Waals surface area contributed by atoms with Crippen LogP contribution < -0.4 is 21.0 Å². The van der Waals surface area contributed by atoms with E-state index in [1.807, 2.05) is 0 Å². The maximum Gasteiger partial charge on any atom is 0.459 e. The van der Waals surface area contributed by atoms with Gasteiger partial charge >= 0.3 is 19.4 Å². The maximum atomic E-state index is 15.5. The molecule has 3 rings (SSSR count). The number of benzene rings is 1. The Bertz CT molecular complexity index is 1160. The van der Waals surface area contributed by atoms with Gasteiger partial charge in [0.15, 0.2) is 11.9 Å². The van der Waals surface area contributed by atoms with Gasteiger partial charge in [-0.1, -0.05) is 18.2 Å². The minimum Gasteiger partial charge on any atom is -0.462 e. The molecule has 1 aromatic carbocycles. The number of alkyl halides is 1. The van der Waals surface area contributed by atoms with Gasteiger partial charge in [-0.15, -0.1) is 0 Å². The number of nitrogen functional groups attached to an aromatic ring is 1. The predicted molar refractivity (Wildman–Crippen MR) is 127 cm³/mol. The molecule has 5 unspecified atom stereocenters. The number of hydrogen-bond acceptors (Lipinski definition) is 10. The first-order chi connectivity index (χ1) is 16.8. The van der Waals surface area contributed by atoms with Crippen LogP contribution in [0.2, 0.25) is 0 Å². The Morgan fingerprint density at radius 3 is 2.61 bits per heavy atom. The zero-order valence-electron chi connectivity index (χ0n) is 20.2. The monoisotopic (exact) mass is 528 g/mol. The van der Waals surface area contributed by atoms with E-state index >= 15 is 4.39 Å². The van der Waals surface area contributed by atoms with Crippen molar-refractivity contribution in [3.05, 3.63) is 53.1 Å². The van der Waals surface area contributed by atoms with Crippen molar-refractivity contribution in [1.82, 2.24) is 14.6 Å². The number of ether oxygens (including phenoxy) is 2. The molecule has 6 atom stereocenters. The molecule has 0 bridgehead atoms. The highest BCUT2D eigenvalue weighted by molar-refractivity contribution is 7.52. The summed E-state index contributed by atoms with van der Waals surface area (Å²) in [5.41, 5.74) is 2.16. The Labute approximate surface area is 207 Å². The highest BCUT2D eigenvalue weighted by Gasteiger charge is 2.56. The quantitative estimate of drug-likeness (QED) is 0.305. The molecule has 1 aromatic heterocycles. The number of aliphatic hydroxyl groups is 1. The molecule has 2 aromatic rings. The zero-order valence-corrected chi connectivity index (χ0v) is 21.1. The van der Waals surface area contributed by atoms with Crippen LogP contribution in [0.1, 0.15) is 33.9 Å². The molecule has 0 aliphatic carbocycles. The number of para-hydroxylation sites is 1. The largest absolute Gasteiger partial charge is 0.462 e. The Hall–Kier alpha value is -2.83. The van der Waals surface area contributed by atoms with Gasteiger partial charge in [-0.3, -0.25) is 13.9 Å². The fraction of sp³-hybridized carbons (Fsp3) is 0.500. The van der Waals surface area contributed by atoms with Crippen molar-refractivity contribution in [2.24, 2.45) is 0 Å². The van der Waals surface area contributed by atoms with Crippen LogP contribution in [0.3, 0.4) is 0 Å². The number of anilines is 1. The Morgan fingerprint density at radius 2 is 2.00 bits per heavy atom. The van der Waals surface area contributed by atoms with E-state index in [0.29, 0.717) is 0 Å². The average molecular weight is 528 g/mol. The van der Waals surface area contributed by atoms with Gasteiger partial charge in [-0.25, -0.2) is 13.8 Å².